The first-order valence-corrected chi connectivity index (χ1v) is 8.07. The minimum Gasteiger partial charge on any atom is -0.357 e. The van der Waals surface area contributed by atoms with Gasteiger partial charge in [0.15, 0.2) is 0 Å². The lowest BCUT2D eigenvalue weighted by Gasteiger charge is -2.20. The molecule has 1 aromatic heterocycles. The summed E-state index contributed by atoms with van der Waals surface area (Å²) in [6, 6.07) is 3.22. The highest BCUT2D eigenvalue weighted by Crippen LogP contribution is 2.18. The van der Waals surface area contributed by atoms with Gasteiger partial charge < -0.3 is 15.6 Å². The number of nitrogens with one attached hydrogen (secondary N) is 3. The van der Waals surface area contributed by atoms with Gasteiger partial charge in [0, 0.05) is 31.7 Å². The van der Waals surface area contributed by atoms with Crippen LogP contribution in [-0.4, -0.2) is 53.4 Å². The highest BCUT2D eigenvalue weighted by atomic mass is 16.2. The number of amides is 2. The summed E-state index contributed by atoms with van der Waals surface area (Å²) in [5.41, 5.74) is 0.531. The van der Waals surface area contributed by atoms with E-state index in [4.69, 9.17) is 0 Å². The Balaban J connectivity index is 2.00. The zero-order chi connectivity index (χ0) is 16.7. The van der Waals surface area contributed by atoms with Gasteiger partial charge in [0.05, 0.1) is 12.6 Å². The van der Waals surface area contributed by atoms with E-state index in [0.717, 1.165) is 6.42 Å². The number of rotatable bonds is 5. The average molecular weight is 316 g/mol. The third kappa shape index (κ3) is 4.60. The van der Waals surface area contributed by atoms with Gasteiger partial charge in [-0.25, -0.2) is 0 Å². The molecule has 23 heavy (non-hydrogen) atoms. The van der Waals surface area contributed by atoms with Crippen molar-refractivity contribution in [2.45, 2.75) is 38.8 Å². The number of likely N-dealkylation sites (tertiary alicyclic amines) is 1. The van der Waals surface area contributed by atoms with Crippen molar-refractivity contribution in [1.82, 2.24) is 20.5 Å². The number of carbonyl (C=O) groups excluding carboxylic acids is 2. The van der Waals surface area contributed by atoms with Crippen molar-refractivity contribution < 1.29 is 9.59 Å². The number of H-pyrrole nitrogens is 1. The predicted octanol–water partition coefficient (Wildman–Crippen LogP) is 0.737. The van der Waals surface area contributed by atoms with Crippen LogP contribution in [0.2, 0.25) is 0 Å². The molecule has 1 aliphatic rings. The van der Waals surface area contributed by atoms with Gasteiger partial charge in [-0.1, -0.05) is 12.8 Å². The lowest BCUT2D eigenvalue weighted by Crippen LogP contribution is -2.43. The van der Waals surface area contributed by atoms with Crippen LogP contribution in [0.4, 0.5) is 0 Å². The maximum Gasteiger partial charge on any atom is 0.267 e. The first-order valence-electron chi connectivity index (χ1n) is 8.07. The van der Waals surface area contributed by atoms with E-state index in [1.54, 1.807) is 18.3 Å². The largest absolute Gasteiger partial charge is 0.357 e. The van der Waals surface area contributed by atoms with Crippen LogP contribution in [0.3, 0.4) is 0 Å². The van der Waals surface area contributed by atoms with E-state index in [2.05, 4.69) is 27.5 Å². The molecule has 1 saturated heterocycles. The van der Waals surface area contributed by atoms with Crippen molar-refractivity contribution in [2.24, 2.45) is 0 Å². The fourth-order valence-electron chi connectivity index (χ4n) is 2.76. The summed E-state index contributed by atoms with van der Waals surface area (Å²) in [5.74, 6) is 5.97. The molecule has 6 nitrogen and oxygen atoms in total. The second-order valence-electron chi connectivity index (χ2n) is 5.54. The Hall–Kier alpha value is -2.26. The summed E-state index contributed by atoms with van der Waals surface area (Å²) >= 11 is 0. The maximum atomic E-state index is 12.2. The van der Waals surface area contributed by atoms with Crippen LogP contribution in [0.15, 0.2) is 18.3 Å². The molecule has 124 valence electrons. The molecule has 2 rings (SSSR count). The molecule has 0 aromatic carbocycles. The third-order valence-electron chi connectivity index (χ3n) is 3.82. The van der Waals surface area contributed by atoms with Crippen LogP contribution in [0.25, 0.3) is 0 Å². The lowest BCUT2D eigenvalue weighted by molar-refractivity contribution is -0.125. The van der Waals surface area contributed by atoms with E-state index in [1.165, 1.54) is 0 Å². The van der Waals surface area contributed by atoms with Gasteiger partial charge in [-0.2, -0.15) is 0 Å². The first-order chi connectivity index (χ1) is 11.2. The van der Waals surface area contributed by atoms with Crippen LogP contribution in [0.5, 0.6) is 0 Å². The fourth-order valence-corrected chi connectivity index (χ4v) is 2.76. The van der Waals surface area contributed by atoms with Crippen molar-refractivity contribution >= 4 is 11.8 Å². The first kappa shape index (κ1) is 17.1. The Kier molecular flexibility index (Phi) is 6.24. The van der Waals surface area contributed by atoms with Crippen molar-refractivity contribution in [1.29, 1.82) is 0 Å². The second-order valence-corrected chi connectivity index (χ2v) is 5.54. The number of hydrogen-bond acceptors (Lipinski definition) is 3. The minimum atomic E-state index is -0.241. The normalized spacial score (nSPS) is 20.6. The van der Waals surface area contributed by atoms with Crippen LogP contribution >= 0.6 is 0 Å². The Bertz CT molecular complexity index is 585. The molecular weight excluding hydrogens is 292 g/mol. The molecule has 0 bridgehead atoms. The summed E-state index contributed by atoms with van der Waals surface area (Å²) in [7, 11) is 0. The van der Waals surface area contributed by atoms with Gasteiger partial charge in [0.2, 0.25) is 5.91 Å². The molecule has 0 unspecified atom stereocenters. The Morgan fingerprint density at radius 1 is 1.39 bits per heavy atom. The summed E-state index contributed by atoms with van der Waals surface area (Å²) in [5, 5.41) is 5.85. The number of likely N-dealkylation sites (N-methyl/N-ethyl adjacent to an activating group) is 1. The maximum absolute atomic E-state index is 12.2. The monoisotopic (exact) mass is 316 g/mol. The van der Waals surface area contributed by atoms with E-state index in [0.29, 0.717) is 31.7 Å². The van der Waals surface area contributed by atoms with Crippen molar-refractivity contribution in [3.8, 4) is 11.8 Å². The van der Waals surface area contributed by atoms with E-state index >= 15 is 0 Å². The topological polar surface area (TPSA) is 77.2 Å². The van der Waals surface area contributed by atoms with Gasteiger partial charge in [0.25, 0.3) is 5.91 Å². The van der Waals surface area contributed by atoms with E-state index in [-0.39, 0.29) is 23.9 Å². The summed E-state index contributed by atoms with van der Waals surface area (Å²) in [6.45, 7) is 5.68. The fraction of sp³-hybridized carbons (Fsp3) is 0.529. The standard InChI is InChI=1S/C17H24N4O2/c1-3-5-6-10-21-12-13(11-15(21)17(23)18-4-2)20-16(22)14-8-7-9-19-14/h7-9,13,15,19H,3-4,10-12H2,1-2H3,(H,18,23)(H,20,22)/t13-,15-/m0/s1. The Morgan fingerprint density at radius 2 is 2.22 bits per heavy atom. The molecule has 6 heteroatoms. The number of carbonyl (C=O) groups is 2. The van der Waals surface area contributed by atoms with Gasteiger partial charge >= 0.3 is 0 Å². The van der Waals surface area contributed by atoms with Gasteiger partial charge in [0.1, 0.15) is 5.69 Å². The zero-order valence-corrected chi connectivity index (χ0v) is 13.7. The molecule has 0 aliphatic carbocycles. The van der Waals surface area contributed by atoms with Gasteiger partial charge in [-0.3, -0.25) is 14.5 Å². The van der Waals surface area contributed by atoms with Crippen LogP contribution in [0, 0.1) is 11.8 Å². The quantitative estimate of drug-likeness (QED) is 0.701. The smallest absolute Gasteiger partial charge is 0.267 e. The molecule has 2 amide bonds. The number of nitrogens with zero attached hydrogens (tertiary/aromatic N) is 1. The molecule has 1 aromatic rings. The molecule has 2 atom stereocenters. The lowest BCUT2D eigenvalue weighted by atomic mass is 10.1. The number of hydrogen-bond donors (Lipinski definition) is 3. The van der Waals surface area contributed by atoms with Crippen molar-refractivity contribution in [3.63, 3.8) is 0 Å². The highest BCUT2D eigenvalue weighted by Gasteiger charge is 2.36. The van der Waals surface area contributed by atoms with Crippen molar-refractivity contribution in [3.05, 3.63) is 24.0 Å². The third-order valence-corrected chi connectivity index (χ3v) is 3.82. The van der Waals surface area contributed by atoms with Gasteiger partial charge in [-0.15, -0.1) is 5.92 Å². The summed E-state index contributed by atoms with van der Waals surface area (Å²) in [4.78, 5) is 29.3. The summed E-state index contributed by atoms with van der Waals surface area (Å²) < 4.78 is 0. The van der Waals surface area contributed by atoms with Crippen molar-refractivity contribution in [2.75, 3.05) is 19.6 Å². The van der Waals surface area contributed by atoms with Crippen LogP contribution < -0.4 is 10.6 Å². The number of aromatic amines is 1. The molecule has 1 fully saturated rings. The van der Waals surface area contributed by atoms with E-state index in [9.17, 15) is 9.59 Å². The molecule has 0 radical (unpaired) electrons. The SMILES string of the molecule is CCC#CCN1C[C@@H](NC(=O)c2ccc[nH]2)C[C@H]1C(=O)NCC. The molecular formula is C17H24N4O2. The molecule has 2 heterocycles. The molecule has 0 saturated carbocycles. The predicted molar refractivity (Wildman–Crippen MR) is 88.8 cm³/mol. The number of aromatic nitrogens is 1. The second kappa shape index (κ2) is 8.39. The van der Waals surface area contributed by atoms with Gasteiger partial charge in [-0.05, 0) is 25.5 Å². The molecule has 1 aliphatic heterocycles. The zero-order valence-electron chi connectivity index (χ0n) is 13.7. The van der Waals surface area contributed by atoms with Crippen LogP contribution in [0.1, 0.15) is 37.2 Å². The van der Waals surface area contributed by atoms with E-state index < -0.39 is 0 Å². The molecule has 3 N–H and O–H groups in total. The summed E-state index contributed by atoms with van der Waals surface area (Å²) in [6.07, 6.45) is 3.12. The van der Waals surface area contributed by atoms with E-state index in [1.807, 2.05) is 18.7 Å². The highest BCUT2D eigenvalue weighted by molar-refractivity contribution is 5.92. The average Bonchev–Trinajstić information content (AvgIpc) is 3.17. The Labute approximate surface area is 137 Å². The minimum absolute atomic E-state index is 0.00224. The molecule has 0 spiro atoms. The Morgan fingerprint density at radius 3 is 2.87 bits per heavy atom. The van der Waals surface area contributed by atoms with Crippen LogP contribution in [-0.2, 0) is 4.79 Å².